The van der Waals surface area contributed by atoms with E-state index in [1.54, 1.807) is 0 Å². The summed E-state index contributed by atoms with van der Waals surface area (Å²) in [4.78, 5) is 3.16. The maximum atomic E-state index is 5.74. The Hall–Kier alpha value is -1.44. The first kappa shape index (κ1) is 7.22. The van der Waals surface area contributed by atoms with E-state index in [9.17, 15) is 0 Å². The average Bonchev–Trinajstić information content (AvgIpc) is 2.50. The first-order chi connectivity index (χ1) is 5.81. The lowest BCUT2D eigenvalue weighted by Crippen LogP contribution is -1.88. The molecule has 0 amide bonds. The third-order valence-electron chi connectivity index (χ3n) is 2.16. The molecule has 1 aromatic carbocycles. The van der Waals surface area contributed by atoms with Crippen molar-refractivity contribution in [2.45, 2.75) is 13.3 Å². The highest BCUT2D eigenvalue weighted by Gasteiger charge is 2.00. The average molecular weight is 160 g/mol. The molecule has 0 fully saturated rings. The zero-order valence-electron chi connectivity index (χ0n) is 7.09. The number of H-pyrrole nitrogens is 1. The highest BCUT2D eigenvalue weighted by molar-refractivity contribution is 5.86. The topological polar surface area (TPSA) is 41.8 Å². The maximum absolute atomic E-state index is 5.74. The van der Waals surface area contributed by atoms with E-state index in [1.165, 1.54) is 10.9 Å². The quantitative estimate of drug-likeness (QED) is 0.617. The second-order valence-corrected chi connectivity index (χ2v) is 2.97. The Kier molecular flexibility index (Phi) is 1.54. The fraction of sp³-hybridized carbons (Fsp3) is 0.200. The van der Waals surface area contributed by atoms with Crippen molar-refractivity contribution in [1.29, 1.82) is 0 Å². The minimum Gasteiger partial charge on any atom is -0.399 e. The third kappa shape index (κ3) is 0.961. The largest absolute Gasteiger partial charge is 0.399 e. The van der Waals surface area contributed by atoms with Crippen molar-refractivity contribution in [3.8, 4) is 0 Å². The summed E-state index contributed by atoms with van der Waals surface area (Å²) in [6.45, 7) is 2.14. The van der Waals surface area contributed by atoms with Crippen molar-refractivity contribution >= 4 is 16.6 Å². The zero-order chi connectivity index (χ0) is 8.55. The van der Waals surface area contributed by atoms with Crippen LogP contribution in [0.2, 0.25) is 0 Å². The third-order valence-corrected chi connectivity index (χ3v) is 2.16. The SMILES string of the molecule is CCc1cc(N)cc2[nH]ccc12. The van der Waals surface area contributed by atoms with Crippen LogP contribution in [-0.2, 0) is 6.42 Å². The van der Waals surface area contributed by atoms with Crippen molar-refractivity contribution in [1.82, 2.24) is 4.98 Å². The minimum absolute atomic E-state index is 0.835. The highest BCUT2D eigenvalue weighted by atomic mass is 14.7. The number of fused-ring (bicyclic) bond motifs is 1. The van der Waals surface area contributed by atoms with Crippen LogP contribution in [0.15, 0.2) is 24.4 Å². The molecule has 2 aromatic rings. The molecule has 1 heterocycles. The predicted molar refractivity (Wildman–Crippen MR) is 52.1 cm³/mol. The van der Waals surface area contributed by atoms with Crippen LogP contribution in [0.1, 0.15) is 12.5 Å². The van der Waals surface area contributed by atoms with Crippen LogP contribution in [0, 0.1) is 0 Å². The zero-order valence-corrected chi connectivity index (χ0v) is 7.09. The molecule has 0 bridgehead atoms. The van der Waals surface area contributed by atoms with E-state index in [1.807, 2.05) is 18.3 Å². The smallest absolute Gasteiger partial charge is 0.0477 e. The Morgan fingerprint density at radius 3 is 3.00 bits per heavy atom. The molecule has 0 saturated carbocycles. The summed E-state index contributed by atoms with van der Waals surface area (Å²) in [5.41, 5.74) is 9.02. The Bertz CT molecular complexity index is 401. The van der Waals surface area contributed by atoms with Crippen LogP contribution in [0.3, 0.4) is 0 Å². The molecule has 12 heavy (non-hydrogen) atoms. The molecule has 0 aliphatic carbocycles. The number of nitrogens with two attached hydrogens (primary N) is 1. The van der Waals surface area contributed by atoms with Gasteiger partial charge in [-0.2, -0.15) is 0 Å². The molecule has 2 nitrogen and oxygen atoms in total. The second kappa shape index (κ2) is 2.55. The lowest BCUT2D eigenvalue weighted by Gasteiger charge is -2.01. The molecule has 0 atom stereocenters. The van der Waals surface area contributed by atoms with Gasteiger partial charge >= 0.3 is 0 Å². The van der Waals surface area contributed by atoms with E-state index in [2.05, 4.69) is 18.0 Å². The number of aromatic nitrogens is 1. The van der Waals surface area contributed by atoms with Crippen molar-refractivity contribution in [2.24, 2.45) is 0 Å². The van der Waals surface area contributed by atoms with Crippen LogP contribution in [0.4, 0.5) is 5.69 Å². The van der Waals surface area contributed by atoms with Gasteiger partial charge in [0.25, 0.3) is 0 Å². The number of benzene rings is 1. The summed E-state index contributed by atoms with van der Waals surface area (Å²) >= 11 is 0. The van der Waals surface area contributed by atoms with E-state index in [0.717, 1.165) is 17.6 Å². The van der Waals surface area contributed by atoms with Crippen LogP contribution in [0.5, 0.6) is 0 Å². The number of hydrogen-bond acceptors (Lipinski definition) is 1. The van der Waals surface area contributed by atoms with Gasteiger partial charge in [-0.05, 0) is 30.2 Å². The van der Waals surface area contributed by atoms with Crippen molar-refractivity contribution in [2.75, 3.05) is 5.73 Å². The van der Waals surface area contributed by atoms with Crippen molar-refractivity contribution < 1.29 is 0 Å². The van der Waals surface area contributed by atoms with Gasteiger partial charge in [0.05, 0.1) is 0 Å². The molecule has 0 radical (unpaired) electrons. The van der Waals surface area contributed by atoms with E-state index in [4.69, 9.17) is 5.73 Å². The summed E-state index contributed by atoms with van der Waals surface area (Å²) < 4.78 is 0. The molecule has 0 aliphatic heterocycles. The van der Waals surface area contributed by atoms with E-state index in [0.29, 0.717) is 0 Å². The van der Waals surface area contributed by atoms with Crippen molar-refractivity contribution in [3.63, 3.8) is 0 Å². The molecule has 62 valence electrons. The fourth-order valence-electron chi connectivity index (χ4n) is 1.56. The lowest BCUT2D eigenvalue weighted by atomic mass is 10.1. The van der Waals surface area contributed by atoms with E-state index in [-0.39, 0.29) is 0 Å². The molecule has 2 rings (SSSR count). The monoisotopic (exact) mass is 160 g/mol. The number of aryl methyl sites for hydroxylation is 1. The molecule has 0 aliphatic rings. The highest BCUT2D eigenvalue weighted by Crippen LogP contribution is 2.21. The molecular formula is C10H12N2. The Balaban J connectivity index is 2.80. The van der Waals surface area contributed by atoms with Gasteiger partial charge in [-0.1, -0.05) is 6.92 Å². The number of hydrogen-bond donors (Lipinski definition) is 2. The molecular weight excluding hydrogens is 148 g/mol. The summed E-state index contributed by atoms with van der Waals surface area (Å²) in [6.07, 6.45) is 2.97. The molecule has 0 saturated heterocycles. The van der Waals surface area contributed by atoms with Gasteiger partial charge in [0.15, 0.2) is 0 Å². The molecule has 0 unspecified atom stereocenters. The molecule has 3 N–H and O–H groups in total. The number of anilines is 1. The van der Waals surface area contributed by atoms with E-state index < -0.39 is 0 Å². The molecule has 2 heteroatoms. The summed E-state index contributed by atoms with van der Waals surface area (Å²) in [7, 11) is 0. The minimum atomic E-state index is 0.835. The van der Waals surface area contributed by atoms with Crippen LogP contribution in [-0.4, -0.2) is 4.98 Å². The van der Waals surface area contributed by atoms with E-state index >= 15 is 0 Å². The van der Waals surface area contributed by atoms with Gasteiger partial charge in [0, 0.05) is 22.8 Å². The normalized spacial score (nSPS) is 10.8. The van der Waals surface area contributed by atoms with Crippen LogP contribution < -0.4 is 5.73 Å². The fourth-order valence-corrected chi connectivity index (χ4v) is 1.56. The number of nitrogen functional groups attached to an aromatic ring is 1. The summed E-state index contributed by atoms with van der Waals surface area (Å²) in [6, 6.07) is 6.10. The maximum Gasteiger partial charge on any atom is 0.0477 e. The Morgan fingerprint density at radius 2 is 2.25 bits per heavy atom. The predicted octanol–water partition coefficient (Wildman–Crippen LogP) is 2.31. The molecule has 1 aromatic heterocycles. The van der Waals surface area contributed by atoms with Gasteiger partial charge in [0.2, 0.25) is 0 Å². The number of aromatic amines is 1. The standard InChI is InChI=1S/C10H12N2/c1-2-7-5-8(11)6-10-9(7)3-4-12-10/h3-6,12H,2,11H2,1H3. The first-order valence-corrected chi connectivity index (χ1v) is 4.16. The van der Waals surface area contributed by atoms with Crippen LogP contribution in [0.25, 0.3) is 10.9 Å². The number of rotatable bonds is 1. The summed E-state index contributed by atoms with van der Waals surface area (Å²) in [5.74, 6) is 0. The lowest BCUT2D eigenvalue weighted by molar-refractivity contribution is 1.16. The van der Waals surface area contributed by atoms with Crippen molar-refractivity contribution in [3.05, 3.63) is 30.0 Å². The number of nitrogens with one attached hydrogen (secondary N) is 1. The second-order valence-electron chi connectivity index (χ2n) is 2.97. The first-order valence-electron chi connectivity index (χ1n) is 4.16. The van der Waals surface area contributed by atoms with Gasteiger partial charge in [-0.25, -0.2) is 0 Å². The molecule has 0 spiro atoms. The van der Waals surface area contributed by atoms with Gasteiger partial charge in [-0.15, -0.1) is 0 Å². The Labute approximate surface area is 71.4 Å². The summed E-state index contributed by atoms with van der Waals surface area (Å²) in [5, 5.41) is 1.28. The van der Waals surface area contributed by atoms with Gasteiger partial charge in [0.1, 0.15) is 0 Å². The Morgan fingerprint density at radius 1 is 1.42 bits per heavy atom. The van der Waals surface area contributed by atoms with Gasteiger partial charge < -0.3 is 10.7 Å². The van der Waals surface area contributed by atoms with Crippen LogP contribution >= 0.6 is 0 Å². The van der Waals surface area contributed by atoms with Gasteiger partial charge in [-0.3, -0.25) is 0 Å².